The maximum absolute atomic E-state index is 11.7. The van der Waals surface area contributed by atoms with E-state index in [1.165, 1.54) is 7.11 Å². The molecular formula is C10H20O5S2. The number of esters is 1. The van der Waals surface area contributed by atoms with Gasteiger partial charge in [-0.1, -0.05) is 13.8 Å². The second kappa shape index (κ2) is 7.81. The van der Waals surface area contributed by atoms with Crippen molar-refractivity contribution in [3.05, 3.63) is 0 Å². The summed E-state index contributed by atoms with van der Waals surface area (Å²) in [4.78, 5) is 11.0. The van der Waals surface area contributed by atoms with E-state index in [2.05, 4.69) is 4.74 Å². The Hall–Kier alpha value is -0.430. The minimum absolute atomic E-state index is 0.0525. The van der Waals surface area contributed by atoms with Crippen LogP contribution < -0.4 is 0 Å². The lowest BCUT2D eigenvalue weighted by Gasteiger charge is -2.10. The molecule has 0 aliphatic rings. The van der Waals surface area contributed by atoms with Gasteiger partial charge in [0, 0.05) is 27.6 Å². The van der Waals surface area contributed by atoms with Crippen molar-refractivity contribution in [2.24, 2.45) is 0 Å². The number of hydrogen-bond donors (Lipinski definition) is 0. The largest absolute Gasteiger partial charge is 0.469 e. The van der Waals surface area contributed by atoms with Crippen molar-refractivity contribution in [3.8, 4) is 0 Å². The molecule has 2 atom stereocenters. The van der Waals surface area contributed by atoms with Crippen LogP contribution in [0.5, 0.6) is 0 Å². The average molecular weight is 284 g/mol. The molecule has 0 heterocycles. The third kappa shape index (κ3) is 7.49. The fourth-order valence-electron chi connectivity index (χ4n) is 1.23. The molecule has 0 bridgehead atoms. The van der Waals surface area contributed by atoms with Crippen LogP contribution in [0.15, 0.2) is 0 Å². The van der Waals surface area contributed by atoms with Gasteiger partial charge < -0.3 is 4.74 Å². The van der Waals surface area contributed by atoms with Crippen LogP contribution in [0.3, 0.4) is 0 Å². The molecule has 2 unspecified atom stereocenters. The van der Waals surface area contributed by atoms with Crippen molar-refractivity contribution in [3.63, 3.8) is 0 Å². The van der Waals surface area contributed by atoms with Crippen LogP contribution in [0.1, 0.15) is 26.7 Å². The summed E-state index contributed by atoms with van der Waals surface area (Å²) in [6.07, 6.45) is 0.615. The Kier molecular flexibility index (Phi) is 7.61. The maximum Gasteiger partial charge on any atom is 0.306 e. The Morgan fingerprint density at radius 2 is 1.94 bits per heavy atom. The van der Waals surface area contributed by atoms with Crippen molar-refractivity contribution < 1.29 is 22.2 Å². The molecule has 0 spiro atoms. The first-order valence-electron chi connectivity index (χ1n) is 5.46. The molecule has 0 aromatic carbocycles. The molecule has 102 valence electrons. The van der Waals surface area contributed by atoms with Gasteiger partial charge in [0.25, 0.3) is 0 Å². The number of ether oxygens (including phenoxy) is 1. The fourth-order valence-corrected chi connectivity index (χ4v) is 4.46. The number of sulfone groups is 1. The van der Waals surface area contributed by atoms with Gasteiger partial charge in [0.15, 0.2) is 9.84 Å². The smallest absolute Gasteiger partial charge is 0.306 e. The van der Waals surface area contributed by atoms with Gasteiger partial charge in [-0.2, -0.15) is 0 Å². The molecule has 0 aromatic heterocycles. The van der Waals surface area contributed by atoms with E-state index < -0.39 is 26.6 Å². The van der Waals surface area contributed by atoms with E-state index in [1.807, 2.05) is 0 Å². The first-order chi connectivity index (χ1) is 7.82. The number of carbonyl (C=O) groups is 1. The predicted octanol–water partition coefficient (Wildman–Crippen LogP) is 0.512. The second-order valence-corrected chi connectivity index (χ2v) is 8.11. The zero-order valence-corrected chi connectivity index (χ0v) is 12.1. The summed E-state index contributed by atoms with van der Waals surface area (Å²) in [6, 6.07) is 0. The van der Waals surface area contributed by atoms with E-state index in [1.54, 1.807) is 13.8 Å². The summed E-state index contributed by atoms with van der Waals surface area (Å²) in [6.45, 7) is 3.44. The van der Waals surface area contributed by atoms with Crippen molar-refractivity contribution in [2.45, 2.75) is 31.9 Å². The summed E-state index contributed by atoms with van der Waals surface area (Å²) < 4.78 is 39.0. The van der Waals surface area contributed by atoms with Gasteiger partial charge in [-0.05, 0) is 6.42 Å². The van der Waals surface area contributed by atoms with Gasteiger partial charge in [-0.3, -0.25) is 9.00 Å². The van der Waals surface area contributed by atoms with E-state index >= 15 is 0 Å². The highest BCUT2D eigenvalue weighted by atomic mass is 32.2. The normalized spacial score (nSPS) is 15.2. The van der Waals surface area contributed by atoms with Crippen LogP contribution >= 0.6 is 0 Å². The average Bonchev–Trinajstić information content (AvgIpc) is 2.25. The molecule has 0 fully saturated rings. The van der Waals surface area contributed by atoms with E-state index in [4.69, 9.17) is 0 Å². The quantitative estimate of drug-likeness (QED) is 0.607. The first-order valence-corrected chi connectivity index (χ1v) is 8.67. The zero-order chi connectivity index (χ0) is 13.5. The van der Waals surface area contributed by atoms with Gasteiger partial charge in [0.2, 0.25) is 0 Å². The summed E-state index contributed by atoms with van der Waals surface area (Å²) in [5.41, 5.74) is 0. The molecule has 5 nitrogen and oxygen atoms in total. The Morgan fingerprint density at radius 3 is 2.41 bits per heavy atom. The van der Waals surface area contributed by atoms with Gasteiger partial charge >= 0.3 is 5.97 Å². The van der Waals surface area contributed by atoms with E-state index in [0.717, 1.165) is 0 Å². The Balaban J connectivity index is 4.14. The van der Waals surface area contributed by atoms with Crippen molar-refractivity contribution in [1.29, 1.82) is 0 Å². The molecule has 0 amide bonds. The highest BCUT2D eigenvalue weighted by Gasteiger charge is 2.18. The monoisotopic (exact) mass is 284 g/mol. The second-order valence-electron chi connectivity index (χ2n) is 3.83. The highest BCUT2D eigenvalue weighted by molar-refractivity contribution is 7.93. The van der Waals surface area contributed by atoms with Crippen LogP contribution in [0.25, 0.3) is 0 Å². The highest BCUT2D eigenvalue weighted by Crippen LogP contribution is 2.05. The predicted molar refractivity (Wildman–Crippen MR) is 68.0 cm³/mol. The Bertz CT molecular complexity index is 361. The first kappa shape index (κ1) is 16.6. The minimum Gasteiger partial charge on any atom is -0.469 e. The van der Waals surface area contributed by atoms with Crippen LogP contribution in [0.4, 0.5) is 0 Å². The number of rotatable bonds is 8. The Morgan fingerprint density at radius 1 is 1.35 bits per heavy atom. The molecule has 0 aliphatic carbocycles. The van der Waals surface area contributed by atoms with Gasteiger partial charge in [0.1, 0.15) is 0 Å². The number of methoxy groups -OCH3 is 1. The molecule has 7 heteroatoms. The maximum atomic E-state index is 11.7. The summed E-state index contributed by atoms with van der Waals surface area (Å²) in [7, 11) is -3.15. The standard InChI is InChI=1S/C10H20O5S2/c1-4-6-17(13,14)7-5-16(12)9(2)8-10(11)15-3/h9H,4-8H2,1-3H3. The summed E-state index contributed by atoms with van der Waals surface area (Å²) in [5.74, 6) is -0.308. The third-order valence-corrected chi connectivity index (χ3v) is 6.03. The van der Waals surface area contributed by atoms with Crippen LogP contribution in [0, 0.1) is 0 Å². The molecule has 0 N–H and O–H groups in total. The minimum atomic E-state index is -3.10. The van der Waals surface area contributed by atoms with E-state index in [-0.39, 0.29) is 28.9 Å². The SMILES string of the molecule is CCCS(=O)(=O)CCS(=O)C(C)CC(=O)OC. The molecule has 0 saturated heterocycles. The van der Waals surface area contributed by atoms with Gasteiger partial charge in [-0.15, -0.1) is 0 Å². The number of carbonyl (C=O) groups excluding carboxylic acids is 1. The molecule has 0 radical (unpaired) electrons. The molecule has 0 rings (SSSR count). The summed E-state index contributed by atoms with van der Waals surface area (Å²) in [5, 5.41) is -0.376. The summed E-state index contributed by atoms with van der Waals surface area (Å²) >= 11 is 0. The lowest BCUT2D eigenvalue weighted by molar-refractivity contribution is -0.140. The topological polar surface area (TPSA) is 77.5 Å². The number of hydrogen-bond acceptors (Lipinski definition) is 5. The van der Waals surface area contributed by atoms with Crippen molar-refractivity contribution in [1.82, 2.24) is 0 Å². The van der Waals surface area contributed by atoms with Gasteiger partial charge in [0.05, 0.1) is 19.3 Å². The molecule has 0 saturated carbocycles. The zero-order valence-electron chi connectivity index (χ0n) is 10.5. The Labute approximate surface area is 105 Å². The lowest BCUT2D eigenvalue weighted by atomic mass is 10.3. The van der Waals surface area contributed by atoms with Crippen LogP contribution in [0.2, 0.25) is 0 Å². The van der Waals surface area contributed by atoms with Crippen molar-refractivity contribution >= 4 is 26.6 Å². The molecule has 0 aromatic rings. The molecule has 17 heavy (non-hydrogen) atoms. The fraction of sp³-hybridized carbons (Fsp3) is 0.900. The van der Waals surface area contributed by atoms with Crippen LogP contribution in [-0.4, -0.2) is 48.2 Å². The lowest BCUT2D eigenvalue weighted by Crippen LogP contribution is -2.23. The molecule has 0 aliphatic heterocycles. The van der Waals surface area contributed by atoms with E-state index in [9.17, 15) is 17.4 Å². The molecular weight excluding hydrogens is 264 g/mol. The van der Waals surface area contributed by atoms with E-state index in [0.29, 0.717) is 6.42 Å². The van der Waals surface area contributed by atoms with Crippen molar-refractivity contribution in [2.75, 3.05) is 24.4 Å². The third-order valence-electron chi connectivity index (χ3n) is 2.24. The van der Waals surface area contributed by atoms with Crippen LogP contribution in [-0.2, 0) is 30.2 Å². The van der Waals surface area contributed by atoms with Gasteiger partial charge in [-0.25, -0.2) is 8.42 Å².